The second-order valence-corrected chi connectivity index (χ2v) is 7.04. The zero-order valence-corrected chi connectivity index (χ0v) is 12.4. The highest BCUT2D eigenvalue weighted by Gasteiger charge is 2.20. The van der Waals surface area contributed by atoms with E-state index in [1.807, 2.05) is 0 Å². The first kappa shape index (κ1) is 13.1. The fraction of sp³-hybridized carbons (Fsp3) is 0.538. The second-order valence-electron chi connectivity index (χ2n) is 4.85. The van der Waals surface area contributed by atoms with Gasteiger partial charge in [-0.05, 0) is 36.8 Å². The Kier molecular flexibility index (Phi) is 3.91. The van der Waals surface area contributed by atoms with Crippen LogP contribution in [0.25, 0.3) is 10.8 Å². The molecule has 2 heterocycles. The van der Waals surface area contributed by atoms with Crippen molar-refractivity contribution in [1.82, 2.24) is 10.2 Å². The van der Waals surface area contributed by atoms with Crippen molar-refractivity contribution in [2.24, 2.45) is 5.92 Å². The molecule has 0 amide bonds. The lowest BCUT2D eigenvalue weighted by molar-refractivity contribution is 0.322. The molecule has 1 atom stereocenters. The first-order valence-corrected chi connectivity index (χ1v) is 8.25. The van der Waals surface area contributed by atoms with Gasteiger partial charge in [0.25, 0.3) is 11.1 Å². The van der Waals surface area contributed by atoms with E-state index in [-0.39, 0.29) is 6.61 Å². The summed E-state index contributed by atoms with van der Waals surface area (Å²) in [5, 5.41) is 17.4. The van der Waals surface area contributed by atoms with E-state index in [1.54, 1.807) is 11.3 Å². The lowest BCUT2D eigenvalue weighted by Crippen LogP contribution is -2.07. The minimum Gasteiger partial charge on any atom is -0.410 e. The Hall–Kier alpha value is -0.850. The summed E-state index contributed by atoms with van der Waals surface area (Å²) >= 11 is 3.16. The highest BCUT2D eigenvalue weighted by molar-refractivity contribution is 7.99. The lowest BCUT2D eigenvalue weighted by Gasteiger charge is -2.16. The summed E-state index contributed by atoms with van der Waals surface area (Å²) < 4.78 is 5.62. The first-order valence-electron chi connectivity index (χ1n) is 6.45. The third-order valence-electron chi connectivity index (χ3n) is 3.26. The first-order chi connectivity index (χ1) is 9.26. The Labute approximate surface area is 120 Å². The van der Waals surface area contributed by atoms with Crippen molar-refractivity contribution in [3.63, 3.8) is 0 Å². The fourth-order valence-corrected chi connectivity index (χ4v) is 3.94. The van der Waals surface area contributed by atoms with Crippen molar-refractivity contribution in [2.75, 3.05) is 12.4 Å². The average Bonchev–Trinajstić information content (AvgIpc) is 3.01. The standard InChI is InChI=1S/C13H16N2O2S2/c1-8-2-3-10-9(6-8)7-11(19-10)12-14-15-13(17-12)18-5-4-16/h7-8,16H,2-6H2,1H3/t8-/m0/s1. The summed E-state index contributed by atoms with van der Waals surface area (Å²) in [5.74, 6) is 1.96. The third-order valence-corrected chi connectivity index (χ3v) is 5.29. The SMILES string of the molecule is C[C@H]1CCc2sc(-c3nnc(SCCO)o3)cc2C1. The predicted octanol–water partition coefficient (Wildman–Crippen LogP) is 3.01. The van der Waals surface area contributed by atoms with E-state index in [0.717, 1.165) is 17.2 Å². The molecular weight excluding hydrogens is 280 g/mol. The van der Waals surface area contributed by atoms with Gasteiger partial charge in [-0.3, -0.25) is 0 Å². The van der Waals surface area contributed by atoms with E-state index in [9.17, 15) is 0 Å². The van der Waals surface area contributed by atoms with Gasteiger partial charge in [-0.25, -0.2) is 0 Å². The molecule has 4 nitrogen and oxygen atoms in total. The maximum atomic E-state index is 8.78. The van der Waals surface area contributed by atoms with Crippen molar-refractivity contribution in [3.8, 4) is 10.8 Å². The Morgan fingerprint density at radius 3 is 3.26 bits per heavy atom. The normalized spacial score (nSPS) is 18.5. The molecule has 1 aliphatic carbocycles. The quantitative estimate of drug-likeness (QED) is 0.879. The molecule has 1 N–H and O–H groups in total. The minimum atomic E-state index is 0.119. The van der Waals surface area contributed by atoms with Crippen LogP contribution in [0.1, 0.15) is 23.8 Å². The van der Waals surface area contributed by atoms with Gasteiger partial charge in [0.05, 0.1) is 11.5 Å². The van der Waals surface area contributed by atoms with Gasteiger partial charge >= 0.3 is 0 Å². The molecule has 1 aliphatic rings. The fourth-order valence-electron chi connectivity index (χ4n) is 2.31. The number of aliphatic hydroxyl groups excluding tert-OH is 1. The monoisotopic (exact) mass is 296 g/mol. The van der Waals surface area contributed by atoms with Crippen LogP contribution in [0.2, 0.25) is 0 Å². The molecule has 0 aromatic carbocycles. The molecular formula is C13H16N2O2S2. The summed E-state index contributed by atoms with van der Waals surface area (Å²) in [5.41, 5.74) is 1.45. The van der Waals surface area contributed by atoms with Crippen LogP contribution >= 0.6 is 23.1 Å². The van der Waals surface area contributed by atoms with E-state index in [1.165, 1.54) is 35.0 Å². The minimum absolute atomic E-state index is 0.119. The maximum absolute atomic E-state index is 8.78. The topological polar surface area (TPSA) is 59.2 Å². The Morgan fingerprint density at radius 2 is 2.42 bits per heavy atom. The Bertz CT molecular complexity index is 565. The number of thiophene rings is 1. The van der Waals surface area contributed by atoms with Gasteiger partial charge in [0.1, 0.15) is 0 Å². The van der Waals surface area contributed by atoms with E-state index < -0.39 is 0 Å². The van der Waals surface area contributed by atoms with Gasteiger partial charge in [-0.2, -0.15) is 0 Å². The van der Waals surface area contributed by atoms with Crippen LogP contribution in [0.5, 0.6) is 0 Å². The zero-order chi connectivity index (χ0) is 13.2. The maximum Gasteiger partial charge on any atom is 0.276 e. The van der Waals surface area contributed by atoms with Gasteiger partial charge < -0.3 is 9.52 Å². The zero-order valence-electron chi connectivity index (χ0n) is 10.8. The van der Waals surface area contributed by atoms with Crippen molar-refractivity contribution < 1.29 is 9.52 Å². The molecule has 3 rings (SSSR count). The molecule has 19 heavy (non-hydrogen) atoms. The highest BCUT2D eigenvalue weighted by Crippen LogP contribution is 2.37. The highest BCUT2D eigenvalue weighted by atomic mass is 32.2. The lowest BCUT2D eigenvalue weighted by atomic mass is 9.90. The number of hydrogen-bond acceptors (Lipinski definition) is 6. The largest absolute Gasteiger partial charge is 0.410 e. The van der Waals surface area contributed by atoms with Crippen LogP contribution in [0.15, 0.2) is 15.7 Å². The second kappa shape index (κ2) is 5.64. The van der Waals surface area contributed by atoms with E-state index >= 15 is 0 Å². The van der Waals surface area contributed by atoms with Crippen LogP contribution in [-0.2, 0) is 12.8 Å². The molecule has 2 aromatic rings. The number of aromatic nitrogens is 2. The number of hydrogen-bond donors (Lipinski definition) is 1. The van der Waals surface area contributed by atoms with E-state index in [2.05, 4.69) is 23.2 Å². The van der Waals surface area contributed by atoms with Gasteiger partial charge in [-0.15, -0.1) is 21.5 Å². The van der Waals surface area contributed by atoms with Gasteiger partial charge in [0.2, 0.25) is 0 Å². The molecule has 6 heteroatoms. The smallest absolute Gasteiger partial charge is 0.276 e. The number of nitrogens with zero attached hydrogens (tertiary/aromatic N) is 2. The summed E-state index contributed by atoms with van der Waals surface area (Å²) in [4.78, 5) is 2.54. The molecule has 0 spiro atoms. The summed E-state index contributed by atoms with van der Waals surface area (Å²) in [6.07, 6.45) is 3.60. The molecule has 0 fully saturated rings. The van der Waals surface area contributed by atoms with Crippen molar-refractivity contribution >= 4 is 23.1 Å². The van der Waals surface area contributed by atoms with Crippen molar-refractivity contribution in [1.29, 1.82) is 0 Å². The molecule has 0 aliphatic heterocycles. The Balaban J connectivity index is 1.80. The van der Waals surface area contributed by atoms with Crippen LogP contribution in [-0.4, -0.2) is 27.7 Å². The molecule has 102 valence electrons. The average molecular weight is 296 g/mol. The molecule has 0 unspecified atom stereocenters. The van der Waals surface area contributed by atoms with Crippen molar-refractivity contribution in [2.45, 2.75) is 31.4 Å². The summed E-state index contributed by atoms with van der Waals surface area (Å²) in [6.45, 7) is 2.42. The predicted molar refractivity (Wildman–Crippen MR) is 76.6 cm³/mol. The number of aliphatic hydroxyl groups is 1. The van der Waals surface area contributed by atoms with Crippen molar-refractivity contribution in [3.05, 3.63) is 16.5 Å². The van der Waals surface area contributed by atoms with Crippen LogP contribution < -0.4 is 0 Å². The Morgan fingerprint density at radius 1 is 1.53 bits per heavy atom. The van der Waals surface area contributed by atoms with Gasteiger partial charge in [0, 0.05) is 10.6 Å². The van der Waals surface area contributed by atoms with Crippen LogP contribution in [0.3, 0.4) is 0 Å². The van der Waals surface area contributed by atoms with E-state index in [4.69, 9.17) is 9.52 Å². The molecule has 2 aromatic heterocycles. The molecule has 0 radical (unpaired) electrons. The van der Waals surface area contributed by atoms with Crippen LogP contribution in [0, 0.1) is 5.92 Å². The summed E-state index contributed by atoms with van der Waals surface area (Å²) in [6, 6.07) is 2.20. The number of rotatable bonds is 4. The van der Waals surface area contributed by atoms with Gasteiger partial charge in [0.15, 0.2) is 0 Å². The van der Waals surface area contributed by atoms with Gasteiger partial charge in [-0.1, -0.05) is 18.7 Å². The number of fused-ring (bicyclic) bond motifs is 1. The molecule has 0 bridgehead atoms. The third kappa shape index (κ3) is 2.85. The summed E-state index contributed by atoms with van der Waals surface area (Å²) in [7, 11) is 0. The molecule has 0 saturated carbocycles. The number of aryl methyl sites for hydroxylation is 1. The molecule has 0 saturated heterocycles. The van der Waals surface area contributed by atoms with E-state index in [0.29, 0.717) is 16.9 Å². The number of thioether (sulfide) groups is 1. The van der Waals surface area contributed by atoms with Crippen LogP contribution in [0.4, 0.5) is 0 Å².